The first-order valence-electron chi connectivity index (χ1n) is 9.14. The summed E-state index contributed by atoms with van der Waals surface area (Å²) in [5.74, 6) is 0. The summed E-state index contributed by atoms with van der Waals surface area (Å²) < 4.78 is 5.26. The fourth-order valence-electron chi connectivity index (χ4n) is 4.07. The van der Waals surface area contributed by atoms with Gasteiger partial charge in [-0.3, -0.25) is 0 Å². The third-order valence-corrected chi connectivity index (χ3v) is 6.02. The first kappa shape index (κ1) is 16.8. The molecular weight excluding hydrogens is 284 g/mol. The molecule has 1 fully saturated rings. The standard InChI is InChI=1S/C20H32N2O/c1-5-17-15-22(11-6-12-23-4)20(3)13-16(9-10-19(17,20)2)14-21-18-7-8-18/h9-10,13,15,18,21H,5-8,11-12,14H2,1-4H3. The molecule has 2 unspecified atom stereocenters. The molecule has 0 spiro atoms. The van der Waals surface area contributed by atoms with Gasteiger partial charge in [-0.1, -0.05) is 25.2 Å². The SMILES string of the molecule is CCC1=CN(CCCOC)C2(C)C=C(CNC3CC3)C=CC12C. The Balaban J connectivity index is 1.80. The highest BCUT2D eigenvalue weighted by atomic mass is 16.5. The Kier molecular flexibility index (Phi) is 4.70. The van der Waals surface area contributed by atoms with Gasteiger partial charge in [0.05, 0.1) is 5.54 Å². The van der Waals surface area contributed by atoms with E-state index >= 15 is 0 Å². The van der Waals surface area contributed by atoms with Crippen molar-refractivity contribution in [1.29, 1.82) is 0 Å². The summed E-state index contributed by atoms with van der Waals surface area (Å²) in [5.41, 5.74) is 3.12. The Morgan fingerprint density at radius 2 is 2.13 bits per heavy atom. The maximum absolute atomic E-state index is 5.26. The third-order valence-electron chi connectivity index (χ3n) is 6.02. The maximum Gasteiger partial charge on any atom is 0.0683 e. The summed E-state index contributed by atoms with van der Waals surface area (Å²) in [6, 6.07) is 0.760. The molecule has 0 bridgehead atoms. The molecule has 3 heteroatoms. The predicted octanol–water partition coefficient (Wildman–Crippen LogP) is 3.65. The molecule has 3 rings (SSSR count). The molecule has 1 saturated carbocycles. The lowest BCUT2D eigenvalue weighted by Gasteiger charge is -2.47. The van der Waals surface area contributed by atoms with Gasteiger partial charge in [0.25, 0.3) is 0 Å². The van der Waals surface area contributed by atoms with Gasteiger partial charge in [-0.25, -0.2) is 0 Å². The molecule has 3 nitrogen and oxygen atoms in total. The van der Waals surface area contributed by atoms with Gasteiger partial charge < -0.3 is 15.0 Å². The van der Waals surface area contributed by atoms with E-state index in [-0.39, 0.29) is 11.0 Å². The van der Waals surface area contributed by atoms with Crippen molar-refractivity contribution in [1.82, 2.24) is 10.2 Å². The topological polar surface area (TPSA) is 24.5 Å². The second kappa shape index (κ2) is 6.45. The molecule has 1 aliphatic heterocycles. The zero-order valence-corrected chi connectivity index (χ0v) is 15.2. The van der Waals surface area contributed by atoms with Gasteiger partial charge in [0.1, 0.15) is 0 Å². The van der Waals surface area contributed by atoms with Gasteiger partial charge in [-0.2, -0.15) is 0 Å². The molecule has 0 saturated heterocycles. The highest BCUT2D eigenvalue weighted by Gasteiger charge is 2.52. The maximum atomic E-state index is 5.26. The molecule has 1 heterocycles. The monoisotopic (exact) mass is 316 g/mol. The number of hydrogen-bond donors (Lipinski definition) is 1. The minimum absolute atomic E-state index is 0.0431. The smallest absolute Gasteiger partial charge is 0.0683 e. The molecule has 128 valence electrons. The van der Waals surface area contributed by atoms with E-state index in [1.165, 1.54) is 18.4 Å². The quantitative estimate of drug-likeness (QED) is 0.692. The van der Waals surface area contributed by atoms with Crippen molar-refractivity contribution < 1.29 is 4.74 Å². The van der Waals surface area contributed by atoms with Gasteiger partial charge >= 0.3 is 0 Å². The van der Waals surface area contributed by atoms with Crippen molar-refractivity contribution in [2.24, 2.45) is 5.41 Å². The molecule has 1 N–H and O–H groups in total. The van der Waals surface area contributed by atoms with Crippen molar-refractivity contribution in [3.8, 4) is 0 Å². The zero-order chi connectivity index (χ0) is 16.5. The van der Waals surface area contributed by atoms with E-state index in [4.69, 9.17) is 4.74 Å². The predicted molar refractivity (Wildman–Crippen MR) is 96.3 cm³/mol. The number of rotatable bonds is 8. The van der Waals surface area contributed by atoms with Gasteiger partial charge in [-0.05, 0) is 50.7 Å². The molecule has 2 atom stereocenters. The lowest BCUT2D eigenvalue weighted by molar-refractivity contribution is 0.128. The fourth-order valence-corrected chi connectivity index (χ4v) is 4.07. The average Bonchev–Trinajstić information content (AvgIpc) is 3.33. The number of hydrogen-bond acceptors (Lipinski definition) is 3. The number of nitrogens with zero attached hydrogens (tertiary/aromatic N) is 1. The summed E-state index contributed by atoms with van der Waals surface area (Å²) in [6.45, 7) is 9.96. The second-order valence-corrected chi connectivity index (χ2v) is 7.61. The van der Waals surface area contributed by atoms with Crippen molar-refractivity contribution >= 4 is 0 Å². The van der Waals surface area contributed by atoms with Crippen molar-refractivity contribution in [3.63, 3.8) is 0 Å². The molecule has 3 aliphatic rings. The second-order valence-electron chi connectivity index (χ2n) is 7.61. The van der Waals surface area contributed by atoms with Crippen LogP contribution in [0.15, 0.2) is 35.6 Å². The van der Waals surface area contributed by atoms with Crippen LogP contribution in [0.3, 0.4) is 0 Å². The van der Waals surface area contributed by atoms with Gasteiger partial charge in [-0.15, -0.1) is 0 Å². The first-order valence-corrected chi connectivity index (χ1v) is 9.14. The fraction of sp³-hybridized carbons (Fsp3) is 0.700. The Morgan fingerprint density at radius 1 is 1.35 bits per heavy atom. The van der Waals surface area contributed by atoms with Crippen LogP contribution in [0.25, 0.3) is 0 Å². The summed E-state index contributed by atoms with van der Waals surface area (Å²) in [7, 11) is 1.79. The molecule has 2 aliphatic carbocycles. The normalized spacial score (nSPS) is 32.8. The molecule has 0 aromatic carbocycles. The summed E-state index contributed by atoms with van der Waals surface area (Å²) >= 11 is 0. The third kappa shape index (κ3) is 3.01. The molecule has 0 aromatic heterocycles. The van der Waals surface area contributed by atoms with Gasteiger partial charge in [0, 0.05) is 44.5 Å². The van der Waals surface area contributed by atoms with Crippen LogP contribution in [0.2, 0.25) is 0 Å². The lowest BCUT2D eigenvalue weighted by Crippen LogP contribution is -2.51. The van der Waals surface area contributed by atoms with Crippen LogP contribution in [-0.2, 0) is 4.74 Å². The Bertz CT molecular complexity index is 532. The Hall–Kier alpha value is -1.06. The van der Waals surface area contributed by atoms with E-state index in [1.807, 2.05) is 0 Å². The average molecular weight is 316 g/mol. The number of fused-ring (bicyclic) bond motifs is 1. The number of nitrogens with one attached hydrogen (secondary N) is 1. The summed E-state index contributed by atoms with van der Waals surface area (Å²) in [6.07, 6.45) is 14.6. The largest absolute Gasteiger partial charge is 0.385 e. The van der Waals surface area contributed by atoms with Crippen LogP contribution in [0.5, 0.6) is 0 Å². The minimum atomic E-state index is 0.0431. The van der Waals surface area contributed by atoms with Crippen molar-refractivity contribution in [2.75, 3.05) is 26.8 Å². The van der Waals surface area contributed by atoms with Crippen LogP contribution in [0, 0.1) is 5.41 Å². The van der Waals surface area contributed by atoms with Crippen LogP contribution < -0.4 is 5.32 Å². The highest BCUT2D eigenvalue weighted by molar-refractivity contribution is 5.46. The number of ether oxygens (including phenoxy) is 1. The van der Waals surface area contributed by atoms with Crippen molar-refractivity contribution in [2.45, 2.75) is 58.0 Å². The van der Waals surface area contributed by atoms with E-state index in [0.717, 1.165) is 38.6 Å². The number of methoxy groups -OCH3 is 1. The van der Waals surface area contributed by atoms with Gasteiger partial charge in [0.2, 0.25) is 0 Å². The zero-order valence-electron chi connectivity index (χ0n) is 15.2. The van der Waals surface area contributed by atoms with E-state index in [2.05, 4.69) is 55.4 Å². The molecule has 0 aromatic rings. The van der Waals surface area contributed by atoms with E-state index in [9.17, 15) is 0 Å². The van der Waals surface area contributed by atoms with E-state index in [0.29, 0.717) is 0 Å². The van der Waals surface area contributed by atoms with Crippen molar-refractivity contribution in [3.05, 3.63) is 35.6 Å². The van der Waals surface area contributed by atoms with E-state index < -0.39 is 0 Å². The Morgan fingerprint density at radius 3 is 2.78 bits per heavy atom. The first-order chi connectivity index (χ1) is 11.0. The highest BCUT2D eigenvalue weighted by Crippen LogP contribution is 2.53. The summed E-state index contributed by atoms with van der Waals surface area (Å²) in [5, 5.41) is 3.65. The Labute approximate surface area is 141 Å². The molecule has 0 radical (unpaired) electrons. The molecular formula is C20H32N2O. The van der Waals surface area contributed by atoms with Crippen LogP contribution in [0.1, 0.15) is 46.5 Å². The molecule has 23 heavy (non-hydrogen) atoms. The van der Waals surface area contributed by atoms with Crippen LogP contribution in [0.4, 0.5) is 0 Å². The molecule has 0 amide bonds. The van der Waals surface area contributed by atoms with E-state index in [1.54, 1.807) is 12.7 Å². The van der Waals surface area contributed by atoms with Crippen LogP contribution in [-0.4, -0.2) is 43.3 Å². The minimum Gasteiger partial charge on any atom is -0.385 e. The lowest BCUT2D eigenvalue weighted by atomic mass is 9.65. The van der Waals surface area contributed by atoms with Crippen LogP contribution >= 0.6 is 0 Å². The summed E-state index contributed by atoms with van der Waals surface area (Å²) in [4.78, 5) is 2.55. The van der Waals surface area contributed by atoms with Gasteiger partial charge in [0.15, 0.2) is 0 Å².